The van der Waals surface area contributed by atoms with Gasteiger partial charge in [0.1, 0.15) is 17.1 Å². The second kappa shape index (κ2) is 8.74. The van der Waals surface area contributed by atoms with E-state index in [4.69, 9.17) is 4.74 Å². The van der Waals surface area contributed by atoms with Crippen LogP contribution in [0.3, 0.4) is 0 Å². The average Bonchev–Trinajstić information content (AvgIpc) is 3.22. The van der Waals surface area contributed by atoms with Crippen LogP contribution in [0.25, 0.3) is 16.7 Å². The number of fused-ring (bicyclic) bond motifs is 1. The van der Waals surface area contributed by atoms with Gasteiger partial charge in [0.05, 0.1) is 30.1 Å². The number of benzene rings is 2. The Morgan fingerprint density at radius 1 is 1.10 bits per heavy atom. The first-order valence-electron chi connectivity index (χ1n) is 9.01. The highest BCUT2D eigenvalue weighted by Gasteiger charge is 2.13. The molecule has 0 aliphatic heterocycles. The van der Waals surface area contributed by atoms with E-state index in [0.717, 1.165) is 27.4 Å². The van der Waals surface area contributed by atoms with Crippen molar-refractivity contribution in [2.75, 3.05) is 12.9 Å². The SMILES string of the molecule is COc1ccc(-n2ncc3c(SCC(=O)NCc4ccccc4)ncnc32)cc1. The summed E-state index contributed by atoms with van der Waals surface area (Å²) in [6.07, 6.45) is 3.22. The molecular weight excluding hydrogens is 386 g/mol. The minimum atomic E-state index is -0.0480. The zero-order valence-corrected chi connectivity index (χ0v) is 16.6. The number of carbonyl (C=O) groups is 1. The van der Waals surface area contributed by atoms with Crippen LogP contribution in [-0.4, -0.2) is 38.5 Å². The molecule has 8 heteroatoms. The highest BCUT2D eigenvalue weighted by molar-refractivity contribution is 8.00. The maximum absolute atomic E-state index is 12.2. The van der Waals surface area contributed by atoms with E-state index in [1.165, 1.54) is 18.1 Å². The second-order valence-corrected chi connectivity index (χ2v) is 7.19. The molecule has 2 heterocycles. The molecule has 0 unspecified atom stereocenters. The van der Waals surface area contributed by atoms with Gasteiger partial charge < -0.3 is 10.1 Å². The first-order valence-corrected chi connectivity index (χ1v) is 10.00. The Bertz CT molecular complexity index is 1110. The smallest absolute Gasteiger partial charge is 0.230 e. The first-order chi connectivity index (χ1) is 14.2. The molecular formula is C21H19N5O2S. The fourth-order valence-electron chi connectivity index (χ4n) is 2.83. The molecule has 0 saturated carbocycles. The van der Waals surface area contributed by atoms with Crippen molar-refractivity contribution in [2.45, 2.75) is 11.6 Å². The molecule has 0 saturated heterocycles. The van der Waals surface area contributed by atoms with Crippen LogP contribution < -0.4 is 10.1 Å². The van der Waals surface area contributed by atoms with Gasteiger partial charge >= 0.3 is 0 Å². The molecule has 0 aliphatic rings. The lowest BCUT2D eigenvalue weighted by molar-refractivity contribution is -0.118. The third-order valence-electron chi connectivity index (χ3n) is 4.32. The van der Waals surface area contributed by atoms with Gasteiger partial charge in [-0.2, -0.15) is 5.10 Å². The number of carbonyl (C=O) groups excluding carboxylic acids is 1. The Kier molecular flexibility index (Phi) is 5.71. The van der Waals surface area contributed by atoms with E-state index in [0.29, 0.717) is 12.2 Å². The molecule has 0 bridgehead atoms. The van der Waals surface area contributed by atoms with Gasteiger partial charge in [-0.05, 0) is 29.8 Å². The van der Waals surface area contributed by atoms with Crippen LogP contribution in [0, 0.1) is 0 Å². The maximum Gasteiger partial charge on any atom is 0.230 e. The van der Waals surface area contributed by atoms with Gasteiger partial charge in [0, 0.05) is 6.54 Å². The summed E-state index contributed by atoms with van der Waals surface area (Å²) in [5.74, 6) is 0.998. The number of thioether (sulfide) groups is 1. The molecule has 2 aromatic heterocycles. The van der Waals surface area contributed by atoms with Crippen molar-refractivity contribution >= 4 is 28.7 Å². The van der Waals surface area contributed by atoms with Gasteiger partial charge in [-0.25, -0.2) is 14.6 Å². The van der Waals surface area contributed by atoms with Crippen LogP contribution >= 0.6 is 11.8 Å². The van der Waals surface area contributed by atoms with E-state index < -0.39 is 0 Å². The summed E-state index contributed by atoms with van der Waals surface area (Å²) in [6.45, 7) is 0.509. The van der Waals surface area contributed by atoms with Crippen LogP contribution in [0.15, 0.2) is 72.1 Å². The molecule has 0 radical (unpaired) electrons. The molecule has 0 fully saturated rings. The minimum absolute atomic E-state index is 0.0480. The zero-order chi connectivity index (χ0) is 20.1. The molecule has 29 heavy (non-hydrogen) atoms. The van der Waals surface area contributed by atoms with Gasteiger partial charge in [0.25, 0.3) is 0 Å². The van der Waals surface area contributed by atoms with Crippen molar-refractivity contribution < 1.29 is 9.53 Å². The molecule has 7 nitrogen and oxygen atoms in total. The highest BCUT2D eigenvalue weighted by atomic mass is 32.2. The standard InChI is InChI=1S/C21H19N5O2S/c1-28-17-9-7-16(8-10-17)26-20-18(12-25-26)21(24-14-23-20)29-13-19(27)22-11-15-5-3-2-4-6-15/h2-10,12,14H,11,13H2,1H3,(H,22,27). The summed E-state index contributed by atoms with van der Waals surface area (Å²) in [5, 5.41) is 8.90. The summed E-state index contributed by atoms with van der Waals surface area (Å²) in [5.41, 5.74) is 2.63. The number of aromatic nitrogens is 4. The predicted octanol–water partition coefficient (Wildman–Crippen LogP) is 3.23. The lowest BCUT2D eigenvalue weighted by Crippen LogP contribution is -2.24. The van der Waals surface area contributed by atoms with Gasteiger partial charge in [0.15, 0.2) is 5.65 Å². The second-order valence-electron chi connectivity index (χ2n) is 6.22. The average molecular weight is 405 g/mol. The summed E-state index contributed by atoms with van der Waals surface area (Å²) >= 11 is 1.37. The normalized spacial score (nSPS) is 10.8. The van der Waals surface area contributed by atoms with Crippen molar-refractivity contribution in [3.63, 3.8) is 0 Å². The van der Waals surface area contributed by atoms with Crippen molar-refractivity contribution in [3.05, 3.63) is 72.7 Å². The number of methoxy groups -OCH3 is 1. The lowest BCUT2D eigenvalue weighted by Gasteiger charge is -2.06. The fourth-order valence-corrected chi connectivity index (χ4v) is 3.62. The van der Waals surface area contributed by atoms with E-state index in [1.807, 2.05) is 54.6 Å². The Labute approximate surface area is 172 Å². The summed E-state index contributed by atoms with van der Waals surface area (Å²) in [6, 6.07) is 17.4. The predicted molar refractivity (Wildman–Crippen MR) is 112 cm³/mol. The van der Waals surface area contributed by atoms with Crippen LogP contribution in [0.4, 0.5) is 0 Å². The third kappa shape index (κ3) is 4.38. The number of ether oxygens (including phenoxy) is 1. The van der Waals surface area contributed by atoms with Gasteiger partial charge in [-0.3, -0.25) is 4.79 Å². The number of nitrogens with zero attached hydrogens (tertiary/aromatic N) is 4. The fraction of sp³-hybridized carbons (Fsp3) is 0.143. The van der Waals surface area contributed by atoms with Gasteiger partial charge in [-0.15, -0.1) is 0 Å². The topological polar surface area (TPSA) is 81.9 Å². The quantitative estimate of drug-likeness (QED) is 0.376. The lowest BCUT2D eigenvalue weighted by atomic mass is 10.2. The van der Waals surface area contributed by atoms with Crippen molar-refractivity contribution in [3.8, 4) is 11.4 Å². The number of rotatable bonds is 7. The third-order valence-corrected chi connectivity index (χ3v) is 5.32. The zero-order valence-electron chi connectivity index (χ0n) is 15.8. The monoisotopic (exact) mass is 405 g/mol. The van der Waals surface area contributed by atoms with E-state index in [9.17, 15) is 4.79 Å². The van der Waals surface area contributed by atoms with Crippen LogP contribution in [-0.2, 0) is 11.3 Å². The molecule has 4 aromatic rings. The number of hydrogen-bond donors (Lipinski definition) is 1. The van der Waals surface area contributed by atoms with Gasteiger partial charge in [0.2, 0.25) is 5.91 Å². The first kappa shape index (κ1) is 18.9. The molecule has 0 spiro atoms. The minimum Gasteiger partial charge on any atom is -0.497 e. The maximum atomic E-state index is 12.2. The number of nitrogens with one attached hydrogen (secondary N) is 1. The molecule has 0 atom stereocenters. The molecule has 4 rings (SSSR count). The molecule has 146 valence electrons. The van der Waals surface area contributed by atoms with Crippen LogP contribution in [0.5, 0.6) is 5.75 Å². The number of hydrogen-bond acceptors (Lipinski definition) is 6. The van der Waals surface area contributed by atoms with E-state index >= 15 is 0 Å². The molecule has 2 aromatic carbocycles. The van der Waals surface area contributed by atoms with Gasteiger partial charge in [-0.1, -0.05) is 42.1 Å². The molecule has 1 amide bonds. The highest BCUT2D eigenvalue weighted by Crippen LogP contribution is 2.26. The van der Waals surface area contributed by atoms with Crippen LogP contribution in [0.2, 0.25) is 0 Å². The Hall–Kier alpha value is -3.39. The van der Waals surface area contributed by atoms with E-state index in [2.05, 4.69) is 20.4 Å². The Morgan fingerprint density at radius 2 is 1.90 bits per heavy atom. The Balaban J connectivity index is 1.45. The van der Waals surface area contributed by atoms with Crippen molar-refractivity contribution in [1.82, 2.24) is 25.1 Å². The number of amides is 1. The van der Waals surface area contributed by atoms with Crippen LogP contribution in [0.1, 0.15) is 5.56 Å². The van der Waals surface area contributed by atoms with E-state index in [-0.39, 0.29) is 11.7 Å². The van der Waals surface area contributed by atoms with Crippen molar-refractivity contribution in [1.29, 1.82) is 0 Å². The largest absolute Gasteiger partial charge is 0.497 e. The summed E-state index contributed by atoms with van der Waals surface area (Å²) in [4.78, 5) is 20.9. The molecule has 0 aliphatic carbocycles. The summed E-state index contributed by atoms with van der Waals surface area (Å²) in [7, 11) is 1.63. The Morgan fingerprint density at radius 3 is 2.66 bits per heavy atom. The molecule has 1 N–H and O–H groups in total. The van der Waals surface area contributed by atoms with E-state index in [1.54, 1.807) is 18.0 Å². The summed E-state index contributed by atoms with van der Waals surface area (Å²) < 4.78 is 6.95. The van der Waals surface area contributed by atoms with Crippen molar-refractivity contribution in [2.24, 2.45) is 0 Å².